The van der Waals surface area contributed by atoms with Gasteiger partial charge in [-0.2, -0.15) is 0 Å². The van der Waals surface area contributed by atoms with Crippen LogP contribution in [0.2, 0.25) is 0 Å². The van der Waals surface area contributed by atoms with Gasteiger partial charge in [0.15, 0.2) is 4.75 Å². The third-order valence-corrected chi connectivity index (χ3v) is 7.04. The lowest BCUT2D eigenvalue weighted by Gasteiger charge is -2.41. The van der Waals surface area contributed by atoms with Crippen molar-refractivity contribution in [2.24, 2.45) is 0 Å². The number of piperidine rings is 1. The first kappa shape index (κ1) is 18.7. The number of hydrogen-bond acceptors (Lipinski definition) is 5. The minimum atomic E-state index is -3.89. The Hall–Kier alpha value is -1.64. The van der Waals surface area contributed by atoms with Gasteiger partial charge in [0.2, 0.25) is 10.0 Å². The van der Waals surface area contributed by atoms with Crippen LogP contribution in [0.25, 0.3) is 0 Å². The molecule has 0 saturated carbocycles. The molecule has 1 aromatic carbocycles. The Bertz CT molecular complexity index is 680. The first-order valence-electron chi connectivity index (χ1n) is 7.81. The number of hydroxylamine groups is 1. The van der Waals surface area contributed by atoms with E-state index in [4.69, 9.17) is 9.94 Å². The maximum atomic E-state index is 12.7. The summed E-state index contributed by atoms with van der Waals surface area (Å²) in [6, 6.07) is 9.40. The fraction of sp³-hybridized carbons (Fsp3) is 0.562. The average Bonchev–Trinajstić information content (AvgIpc) is 2.54. The first-order valence-corrected chi connectivity index (χ1v) is 9.25. The van der Waals surface area contributed by atoms with Gasteiger partial charge in [-0.1, -0.05) is 18.2 Å². The minimum absolute atomic E-state index is 0.258. The summed E-state index contributed by atoms with van der Waals surface area (Å²) in [6.45, 7) is 5.03. The molecule has 0 aromatic heterocycles. The summed E-state index contributed by atoms with van der Waals surface area (Å²) in [6.07, 6.45) is 1.02. The number of para-hydroxylation sites is 1. The molecule has 7 nitrogen and oxygen atoms in total. The predicted octanol–water partition coefficient (Wildman–Crippen LogP) is 1.53. The standard InChI is InChI=1S/C16H24N2O5S/c1-15(2,14(19)17-20)24(21,22)18-11-9-16(3,10-12-18)23-13-7-5-4-6-8-13/h4-8,20H,9-12H2,1-3H3,(H,17,19). The minimum Gasteiger partial charge on any atom is -0.487 e. The van der Waals surface area contributed by atoms with E-state index in [1.54, 1.807) is 0 Å². The van der Waals surface area contributed by atoms with Crippen molar-refractivity contribution < 1.29 is 23.2 Å². The molecule has 1 aromatic rings. The highest BCUT2D eigenvalue weighted by atomic mass is 32.2. The molecular formula is C16H24N2O5S. The van der Waals surface area contributed by atoms with Crippen molar-refractivity contribution in [1.82, 2.24) is 9.79 Å². The Morgan fingerprint density at radius 2 is 1.79 bits per heavy atom. The van der Waals surface area contributed by atoms with E-state index in [0.29, 0.717) is 12.8 Å². The Morgan fingerprint density at radius 1 is 1.25 bits per heavy atom. The van der Waals surface area contributed by atoms with Crippen molar-refractivity contribution in [3.63, 3.8) is 0 Å². The van der Waals surface area contributed by atoms with Gasteiger partial charge < -0.3 is 4.74 Å². The quantitative estimate of drug-likeness (QED) is 0.616. The van der Waals surface area contributed by atoms with Crippen molar-refractivity contribution in [3.8, 4) is 5.75 Å². The van der Waals surface area contributed by atoms with Gasteiger partial charge >= 0.3 is 0 Å². The molecule has 2 rings (SSSR count). The molecule has 1 aliphatic rings. The van der Waals surface area contributed by atoms with Crippen LogP contribution in [0.3, 0.4) is 0 Å². The van der Waals surface area contributed by atoms with Crippen LogP contribution in [0.15, 0.2) is 30.3 Å². The summed E-state index contributed by atoms with van der Waals surface area (Å²) < 4.78 is 30.9. The van der Waals surface area contributed by atoms with Gasteiger partial charge in [0.25, 0.3) is 5.91 Å². The number of benzene rings is 1. The molecule has 0 bridgehead atoms. The number of sulfonamides is 1. The second-order valence-electron chi connectivity index (χ2n) is 6.72. The largest absolute Gasteiger partial charge is 0.487 e. The molecule has 1 heterocycles. The van der Waals surface area contributed by atoms with Crippen molar-refractivity contribution in [2.45, 2.75) is 44.0 Å². The van der Waals surface area contributed by atoms with Gasteiger partial charge in [0, 0.05) is 25.9 Å². The maximum Gasteiger partial charge on any atom is 0.265 e. The summed E-state index contributed by atoms with van der Waals surface area (Å²) in [5.74, 6) is -0.201. The van der Waals surface area contributed by atoms with E-state index in [0.717, 1.165) is 5.75 Å². The lowest BCUT2D eigenvalue weighted by molar-refractivity contribution is -0.131. The summed E-state index contributed by atoms with van der Waals surface area (Å²) >= 11 is 0. The summed E-state index contributed by atoms with van der Waals surface area (Å²) in [5, 5.41) is 8.78. The monoisotopic (exact) mass is 356 g/mol. The summed E-state index contributed by atoms with van der Waals surface area (Å²) in [4.78, 5) is 11.7. The Morgan fingerprint density at radius 3 is 2.29 bits per heavy atom. The van der Waals surface area contributed by atoms with Gasteiger partial charge in [-0.25, -0.2) is 18.2 Å². The molecule has 0 atom stereocenters. The van der Waals surface area contributed by atoms with Crippen LogP contribution in [0.5, 0.6) is 5.75 Å². The zero-order valence-corrected chi connectivity index (χ0v) is 15.0. The highest BCUT2D eigenvalue weighted by Gasteiger charge is 2.47. The molecule has 2 N–H and O–H groups in total. The van der Waals surface area contributed by atoms with Gasteiger partial charge in [-0.05, 0) is 32.9 Å². The zero-order chi connectivity index (χ0) is 18.0. The molecule has 0 spiro atoms. The smallest absolute Gasteiger partial charge is 0.265 e. The van der Waals surface area contributed by atoms with E-state index in [2.05, 4.69) is 0 Å². The predicted molar refractivity (Wildman–Crippen MR) is 89.2 cm³/mol. The fourth-order valence-corrected chi connectivity index (χ4v) is 4.24. The maximum absolute atomic E-state index is 12.7. The van der Waals surface area contributed by atoms with Gasteiger partial charge in [-0.15, -0.1) is 0 Å². The molecule has 8 heteroatoms. The Labute approximate surface area is 142 Å². The van der Waals surface area contributed by atoms with Crippen molar-refractivity contribution >= 4 is 15.9 Å². The van der Waals surface area contributed by atoms with E-state index in [-0.39, 0.29) is 13.1 Å². The van der Waals surface area contributed by atoms with Crippen LogP contribution in [-0.2, 0) is 14.8 Å². The zero-order valence-electron chi connectivity index (χ0n) is 14.2. The number of nitrogens with zero attached hydrogens (tertiary/aromatic N) is 1. The second kappa shape index (κ2) is 6.70. The second-order valence-corrected chi connectivity index (χ2v) is 9.21. The molecule has 0 unspecified atom stereocenters. The molecule has 0 aliphatic carbocycles. The van der Waals surface area contributed by atoms with Gasteiger partial charge in [0.1, 0.15) is 11.4 Å². The van der Waals surface area contributed by atoms with E-state index < -0.39 is 26.3 Å². The average molecular weight is 356 g/mol. The van der Waals surface area contributed by atoms with Crippen molar-refractivity contribution in [3.05, 3.63) is 30.3 Å². The van der Waals surface area contributed by atoms with E-state index in [1.165, 1.54) is 23.6 Å². The van der Waals surface area contributed by atoms with Crippen molar-refractivity contribution in [1.29, 1.82) is 0 Å². The molecular weight excluding hydrogens is 332 g/mol. The third-order valence-electron chi connectivity index (χ3n) is 4.52. The van der Waals surface area contributed by atoms with Crippen LogP contribution >= 0.6 is 0 Å². The number of hydrogen-bond donors (Lipinski definition) is 2. The molecule has 1 amide bonds. The lowest BCUT2D eigenvalue weighted by atomic mass is 9.94. The van der Waals surface area contributed by atoms with Crippen LogP contribution in [0.4, 0.5) is 0 Å². The number of carbonyl (C=O) groups excluding carboxylic acids is 1. The highest BCUT2D eigenvalue weighted by molar-refractivity contribution is 7.91. The molecule has 134 valence electrons. The molecule has 0 radical (unpaired) electrons. The summed E-state index contributed by atoms with van der Waals surface area (Å²) in [5.41, 5.74) is 0.968. The molecule has 24 heavy (non-hydrogen) atoms. The Kier molecular flexibility index (Phi) is 5.22. The first-order chi connectivity index (χ1) is 11.1. The van der Waals surface area contributed by atoms with E-state index >= 15 is 0 Å². The molecule has 1 fully saturated rings. The lowest BCUT2D eigenvalue weighted by Crippen LogP contribution is -2.57. The SMILES string of the molecule is CC1(Oc2ccccc2)CCN(S(=O)(=O)C(C)(C)C(=O)NO)CC1. The van der Waals surface area contributed by atoms with Gasteiger partial charge in [0.05, 0.1) is 0 Å². The van der Waals surface area contributed by atoms with E-state index in [9.17, 15) is 13.2 Å². The summed E-state index contributed by atoms with van der Waals surface area (Å²) in [7, 11) is -3.89. The number of amides is 1. The van der Waals surface area contributed by atoms with Crippen molar-refractivity contribution in [2.75, 3.05) is 13.1 Å². The van der Waals surface area contributed by atoms with Crippen LogP contribution in [0.1, 0.15) is 33.6 Å². The number of nitrogens with one attached hydrogen (secondary N) is 1. The number of ether oxygens (including phenoxy) is 1. The number of carbonyl (C=O) groups is 1. The molecule has 1 saturated heterocycles. The van der Waals surface area contributed by atoms with E-state index in [1.807, 2.05) is 37.3 Å². The Balaban J connectivity index is 2.08. The van der Waals surface area contributed by atoms with Gasteiger partial charge in [-0.3, -0.25) is 10.0 Å². The normalized spacial score (nSPS) is 18.8. The third kappa shape index (κ3) is 3.55. The highest BCUT2D eigenvalue weighted by Crippen LogP contribution is 2.32. The molecule has 1 aliphatic heterocycles. The number of rotatable bonds is 5. The van der Waals surface area contributed by atoms with Crippen LogP contribution in [-0.4, -0.2) is 47.3 Å². The van der Waals surface area contributed by atoms with Crippen LogP contribution < -0.4 is 10.2 Å². The fourth-order valence-electron chi connectivity index (χ4n) is 2.65. The van der Waals surface area contributed by atoms with Crippen LogP contribution in [0, 0.1) is 0 Å². The topological polar surface area (TPSA) is 95.9 Å².